The van der Waals surface area contributed by atoms with Crippen molar-refractivity contribution in [3.8, 4) is 0 Å². The minimum Gasteiger partial charge on any atom is -0.353 e. The zero-order chi connectivity index (χ0) is 13.5. The number of aromatic nitrogens is 2. The van der Waals surface area contributed by atoms with E-state index >= 15 is 0 Å². The maximum absolute atomic E-state index is 5.51. The zero-order valence-electron chi connectivity index (χ0n) is 11.6. The summed E-state index contributed by atoms with van der Waals surface area (Å²) in [5.41, 5.74) is 3.71. The monoisotopic (exact) mass is 264 g/mol. The smallest absolute Gasteiger partial charge is 0.205 e. The van der Waals surface area contributed by atoms with Crippen LogP contribution in [-0.2, 0) is 13.5 Å². The molecule has 0 unspecified atom stereocenters. The van der Waals surface area contributed by atoms with Gasteiger partial charge in [-0.3, -0.25) is 15.1 Å². The molecule has 1 aliphatic rings. The molecular weight excluding hydrogens is 240 g/mol. The minimum atomic E-state index is 0.512. The summed E-state index contributed by atoms with van der Waals surface area (Å²) in [5.74, 6) is 6.21. The first kappa shape index (κ1) is 13.9. The average molecular weight is 264 g/mol. The molecule has 106 valence electrons. The number of aryl methyl sites for hydroxylation is 1. The van der Waals surface area contributed by atoms with Crippen LogP contribution in [0.15, 0.2) is 17.3 Å². The number of nitrogens with one attached hydrogen (secondary N) is 2. The number of hydrogen-bond donors (Lipinski definition) is 3. The van der Waals surface area contributed by atoms with Gasteiger partial charge in [0.05, 0.1) is 5.69 Å². The standard InChI is InChI=1S/C13H24N6/c1-19-10-8-12(18-19)7-9-15-13(17-14)16-11-5-3-2-4-6-11/h8,10-11H,2-7,9,14H2,1H3,(H2,15,16,17). The highest BCUT2D eigenvalue weighted by Gasteiger charge is 2.13. The van der Waals surface area contributed by atoms with Crippen LogP contribution >= 0.6 is 0 Å². The van der Waals surface area contributed by atoms with Crippen LogP contribution in [0.1, 0.15) is 37.8 Å². The lowest BCUT2D eigenvalue weighted by molar-refractivity contribution is 0.410. The Labute approximate surface area is 114 Å². The van der Waals surface area contributed by atoms with Gasteiger partial charge in [0.1, 0.15) is 0 Å². The molecule has 0 atom stereocenters. The number of aliphatic imine (C=N–C) groups is 1. The lowest BCUT2D eigenvalue weighted by Gasteiger charge is -2.24. The van der Waals surface area contributed by atoms with E-state index in [1.54, 1.807) is 4.68 Å². The van der Waals surface area contributed by atoms with E-state index in [9.17, 15) is 0 Å². The third-order valence-corrected chi connectivity index (χ3v) is 3.49. The van der Waals surface area contributed by atoms with Crippen LogP contribution in [-0.4, -0.2) is 28.3 Å². The predicted octanol–water partition coefficient (Wildman–Crippen LogP) is 0.704. The Bertz CT molecular complexity index is 405. The van der Waals surface area contributed by atoms with E-state index in [-0.39, 0.29) is 0 Å². The van der Waals surface area contributed by atoms with Gasteiger partial charge in [0.2, 0.25) is 5.96 Å². The topological polar surface area (TPSA) is 80.3 Å². The SMILES string of the molecule is Cn1ccc(CCN=C(NN)NC2CCCCC2)n1. The molecule has 1 saturated carbocycles. The lowest BCUT2D eigenvalue weighted by atomic mass is 9.96. The molecule has 0 spiro atoms. The van der Waals surface area contributed by atoms with E-state index in [1.165, 1.54) is 32.1 Å². The molecule has 6 nitrogen and oxygen atoms in total. The van der Waals surface area contributed by atoms with E-state index in [2.05, 4.69) is 20.8 Å². The number of hydrogen-bond acceptors (Lipinski definition) is 3. The number of hydrazine groups is 1. The maximum Gasteiger partial charge on any atom is 0.205 e. The maximum atomic E-state index is 5.51. The summed E-state index contributed by atoms with van der Waals surface area (Å²) < 4.78 is 1.81. The fraction of sp³-hybridized carbons (Fsp3) is 0.692. The fourth-order valence-electron chi connectivity index (χ4n) is 2.45. The molecule has 1 fully saturated rings. The second-order valence-corrected chi connectivity index (χ2v) is 5.08. The van der Waals surface area contributed by atoms with Crippen molar-refractivity contribution >= 4 is 5.96 Å². The third kappa shape index (κ3) is 4.55. The Morgan fingerprint density at radius 3 is 2.89 bits per heavy atom. The van der Waals surface area contributed by atoms with E-state index in [0.717, 1.165) is 12.1 Å². The summed E-state index contributed by atoms with van der Waals surface area (Å²) in [7, 11) is 1.92. The van der Waals surface area contributed by atoms with E-state index in [4.69, 9.17) is 5.84 Å². The number of nitrogens with two attached hydrogens (primary N) is 1. The summed E-state index contributed by atoms with van der Waals surface area (Å²) in [6.45, 7) is 0.691. The molecule has 0 bridgehead atoms. The first-order valence-electron chi connectivity index (χ1n) is 7.04. The molecule has 0 saturated heterocycles. The molecular formula is C13H24N6. The number of nitrogens with zero attached hydrogens (tertiary/aromatic N) is 3. The normalized spacial score (nSPS) is 17.5. The van der Waals surface area contributed by atoms with Crippen LogP contribution < -0.4 is 16.6 Å². The summed E-state index contributed by atoms with van der Waals surface area (Å²) >= 11 is 0. The molecule has 1 aromatic heterocycles. The summed E-state index contributed by atoms with van der Waals surface area (Å²) in [4.78, 5) is 4.46. The molecule has 0 radical (unpaired) electrons. The molecule has 1 aromatic rings. The lowest BCUT2D eigenvalue weighted by Crippen LogP contribution is -2.47. The Morgan fingerprint density at radius 1 is 1.47 bits per heavy atom. The predicted molar refractivity (Wildman–Crippen MR) is 76.5 cm³/mol. The van der Waals surface area contributed by atoms with E-state index in [0.29, 0.717) is 18.5 Å². The largest absolute Gasteiger partial charge is 0.353 e. The Morgan fingerprint density at radius 2 is 2.26 bits per heavy atom. The van der Waals surface area contributed by atoms with Gasteiger partial charge in [-0.2, -0.15) is 5.10 Å². The van der Waals surface area contributed by atoms with Crippen LogP contribution in [0, 0.1) is 0 Å². The van der Waals surface area contributed by atoms with Gasteiger partial charge in [0, 0.05) is 32.3 Å². The molecule has 2 rings (SSSR count). The molecule has 1 heterocycles. The fourth-order valence-corrected chi connectivity index (χ4v) is 2.45. The molecule has 0 aromatic carbocycles. The van der Waals surface area contributed by atoms with Gasteiger partial charge in [-0.25, -0.2) is 5.84 Å². The van der Waals surface area contributed by atoms with Crippen molar-refractivity contribution in [2.75, 3.05) is 6.54 Å². The molecule has 19 heavy (non-hydrogen) atoms. The van der Waals surface area contributed by atoms with Crippen molar-refractivity contribution in [2.45, 2.75) is 44.6 Å². The van der Waals surface area contributed by atoms with Gasteiger partial charge in [0.25, 0.3) is 0 Å². The van der Waals surface area contributed by atoms with Gasteiger partial charge in [-0.1, -0.05) is 19.3 Å². The summed E-state index contributed by atoms with van der Waals surface area (Å²) in [6.07, 6.45) is 9.13. The Balaban J connectivity index is 1.77. The van der Waals surface area contributed by atoms with Crippen LogP contribution in [0.25, 0.3) is 0 Å². The van der Waals surface area contributed by atoms with E-state index < -0.39 is 0 Å². The molecule has 0 aliphatic heterocycles. The number of guanidine groups is 1. The van der Waals surface area contributed by atoms with Gasteiger partial charge in [-0.15, -0.1) is 0 Å². The minimum absolute atomic E-state index is 0.512. The van der Waals surface area contributed by atoms with Crippen LogP contribution in [0.5, 0.6) is 0 Å². The van der Waals surface area contributed by atoms with Gasteiger partial charge in [0.15, 0.2) is 0 Å². The van der Waals surface area contributed by atoms with Crippen molar-refractivity contribution in [3.05, 3.63) is 18.0 Å². The molecule has 6 heteroatoms. The van der Waals surface area contributed by atoms with Crippen molar-refractivity contribution in [1.82, 2.24) is 20.5 Å². The quantitative estimate of drug-likeness (QED) is 0.324. The number of rotatable bonds is 4. The van der Waals surface area contributed by atoms with Crippen LogP contribution in [0.3, 0.4) is 0 Å². The van der Waals surface area contributed by atoms with Crippen molar-refractivity contribution < 1.29 is 0 Å². The molecule has 4 N–H and O–H groups in total. The highest BCUT2D eigenvalue weighted by molar-refractivity contribution is 5.79. The van der Waals surface area contributed by atoms with Crippen LogP contribution in [0.4, 0.5) is 0 Å². The Kier molecular flexibility index (Phi) is 5.20. The second-order valence-electron chi connectivity index (χ2n) is 5.08. The van der Waals surface area contributed by atoms with E-state index in [1.807, 2.05) is 19.3 Å². The first-order chi connectivity index (χ1) is 9.28. The van der Waals surface area contributed by atoms with Gasteiger partial charge < -0.3 is 5.32 Å². The van der Waals surface area contributed by atoms with Gasteiger partial charge >= 0.3 is 0 Å². The summed E-state index contributed by atoms with van der Waals surface area (Å²) in [5, 5.41) is 7.71. The highest BCUT2D eigenvalue weighted by Crippen LogP contribution is 2.17. The van der Waals surface area contributed by atoms with Crippen molar-refractivity contribution in [1.29, 1.82) is 0 Å². The van der Waals surface area contributed by atoms with Crippen molar-refractivity contribution in [2.24, 2.45) is 17.9 Å². The third-order valence-electron chi connectivity index (χ3n) is 3.49. The average Bonchev–Trinajstić information content (AvgIpc) is 2.84. The molecule has 1 aliphatic carbocycles. The molecule has 0 amide bonds. The Hall–Kier alpha value is -1.56. The van der Waals surface area contributed by atoms with Gasteiger partial charge in [-0.05, 0) is 18.9 Å². The van der Waals surface area contributed by atoms with Crippen molar-refractivity contribution in [3.63, 3.8) is 0 Å². The highest BCUT2D eigenvalue weighted by atomic mass is 15.3. The first-order valence-corrected chi connectivity index (χ1v) is 7.04. The summed E-state index contributed by atoms with van der Waals surface area (Å²) in [6, 6.07) is 2.53. The second kappa shape index (κ2) is 7.13. The zero-order valence-corrected chi connectivity index (χ0v) is 11.6. The van der Waals surface area contributed by atoms with Crippen LogP contribution in [0.2, 0.25) is 0 Å².